The fourth-order valence-electron chi connectivity index (χ4n) is 2.56. The molecule has 0 radical (unpaired) electrons. The Balaban J connectivity index is 1.75. The topological polar surface area (TPSA) is 86.7 Å². The van der Waals surface area contributed by atoms with Crippen LogP contribution in [0.15, 0.2) is 0 Å². The first kappa shape index (κ1) is 14.8. The molecule has 1 aliphatic carbocycles. The number of carboxylic acid groups (broad SMARTS) is 1. The highest BCUT2D eigenvalue weighted by molar-refractivity contribution is 5.88. The van der Waals surface area contributed by atoms with E-state index in [4.69, 9.17) is 5.11 Å². The summed E-state index contributed by atoms with van der Waals surface area (Å²) in [6.07, 6.45) is 5.19. The van der Waals surface area contributed by atoms with E-state index in [1.807, 2.05) is 0 Å². The smallest absolute Gasteiger partial charge is 0.303 e. The number of rotatable bonds is 7. The maximum atomic E-state index is 12.1. The lowest BCUT2D eigenvalue weighted by Crippen LogP contribution is -2.46. The van der Waals surface area contributed by atoms with E-state index in [9.17, 15) is 14.4 Å². The summed E-state index contributed by atoms with van der Waals surface area (Å²) in [5.41, 5.74) is 0. The molecule has 1 heterocycles. The number of nitrogens with zero attached hydrogens (tertiary/aromatic N) is 1. The normalized spacial score (nSPS) is 21.8. The number of amides is 2. The lowest BCUT2D eigenvalue weighted by molar-refractivity contribution is -0.139. The number of nitrogens with one attached hydrogen (secondary N) is 1. The summed E-state index contributed by atoms with van der Waals surface area (Å²) in [5, 5.41) is 11.5. The van der Waals surface area contributed by atoms with Crippen LogP contribution in [0.5, 0.6) is 0 Å². The lowest BCUT2D eigenvalue weighted by Gasteiger charge is -2.24. The van der Waals surface area contributed by atoms with Gasteiger partial charge in [0.15, 0.2) is 0 Å². The van der Waals surface area contributed by atoms with Crippen LogP contribution in [-0.2, 0) is 14.4 Å². The van der Waals surface area contributed by atoms with E-state index in [0.29, 0.717) is 31.8 Å². The van der Waals surface area contributed by atoms with Gasteiger partial charge in [-0.05, 0) is 38.5 Å². The molecule has 2 aliphatic rings. The zero-order valence-corrected chi connectivity index (χ0v) is 11.6. The molecule has 0 aromatic rings. The summed E-state index contributed by atoms with van der Waals surface area (Å²) in [6, 6.07) is -0.00167. The molecule has 2 fully saturated rings. The van der Waals surface area contributed by atoms with Gasteiger partial charge >= 0.3 is 5.97 Å². The molecule has 2 rings (SSSR count). The Morgan fingerprint density at radius 1 is 1.10 bits per heavy atom. The van der Waals surface area contributed by atoms with Crippen LogP contribution in [0.25, 0.3) is 0 Å². The minimum Gasteiger partial charge on any atom is -0.481 e. The molecule has 0 aromatic carbocycles. The molecule has 1 atom stereocenters. The van der Waals surface area contributed by atoms with Crippen LogP contribution in [0.1, 0.15) is 51.4 Å². The van der Waals surface area contributed by atoms with Crippen molar-refractivity contribution in [2.45, 2.75) is 63.5 Å². The molecule has 6 nitrogen and oxygen atoms in total. The average Bonchev–Trinajstić information content (AvgIpc) is 3.07. The van der Waals surface area contributed by atoms with Crippen molar-refractivity contribution in [3.8, 4) is 0 Å². The van der Waals surface area contributed by atoms with Crippen molar-refractivity contribution in [3.05, 3.63) is 0 Å². The van der Waals surface area contributed by atoms with E-state index < -0.39 is 5.97 Å². The molecule has 1 aliphatic heterocycles. The largest absolute Gasteiger partial charge is 0.481 e. The van der Waals surface area contributed by atoms with Crippen molar-refractivity contribution >= 4 is 17.8 Å². The second kappa shape index (κ2) is 6.72. The van der Waals surface area contributed by atoms with E-state index in [0.717, 1.165) is 25.7 Å². The second-order valence-electron chi connectivity index (χ2n) is 5.63. The van der Waals surface area contributed by atoms with Crippen LogP contribution in [0, 0.1) is 0 Å². The number of hydrogen-bond acceptors (Lipinski definition) is 3. The fraction of sp³-hybridized carbons (Fsp3) is 0.786. The first-order chi connectivity index (χ1) is 9.58. The van der Waals surface area contributed by atoms with Crippen molar-refractivity contribution in [2.24, 2.45) is 0 Å². The molecule has 2 N–H and O–H groups in total. The van der Waals surface area contributed by atoms with E-state index in [2.05, 4.69) is 5.32 Å². The predicted molar refractivity (Wildman–Crippen MR) is 72.0 cm³/mol. The highest BCUT2D eigenvalue weighted by Crippen LogP contribution is 2.23. The summed E-state index contributed by atoms with van der Waals surface area (Å²) in [5.74, 6) is -0.881. The van der Waals surface area contributed by atoms with Crippen LogP contribution >= 0.6 is 0 Å². The lowest BCUT2D eigenvalue weighted by atomic mass is 10.1. The molecular weight excluding hydrogens is 260 g/mol. The van der Waals surface area contributed by atoms with Gasteiger partial charge in [-0.1, -0.05) is 0 Å². The first-order valence-corrected chi connectivity index (χ1v) is 7.39. The summed E-state index contributed by atoms with van der Waals surface area (Å²) in [6.45, 7) is 0.639. The molecule has 0 spiro atoms. The minimum atomic E-state index is -0.833. The number of carboxylic acids is 1. The van der Waals surface area contributed by atoms with Crippen molar-refractivity contribution < 1.29 is 19.5 Å². The Morgan fingerprint density at radius 2 is 1.80 bits per heavy atom. The monoisotopic (exact) mass is 282 g/mol. The number of carbonyl (C=O) groups excluding carboxylic acids is 2. The highest BCUT2D eigenvalue weighted by Gasteiger charge is 2.35. The number of carbonyl (C=O) groups is 3. The summed E-state index contributed by atoms with van der Waals surface area (Å²) < 4.78 is 0. The number of aliphatic carboxylic acids is 1. The van der Waals surface area contributed by atoms with Gasteiger partial charge in [-0.25, -0.2) is 0 Å². The molecule has 112 valence electrons. The Morgan fingerprint density at radius 3 is 2.45 bits per heavy atom. The molecule has 1 saturated carbocycles. The van der Waals surface area contributed by atoms with Crippen LogP contribution in [0.3, 0.4) is 0 Å². The van der Waals surface area contributed by atoms with Gasteiger partial charge in [0.25, 0.3) is 0 Å². The SMILES string of the molecule is O=C(O)CCCCC(=O)N1CCCC1C(=O)NC1CC1. The number of unbranched alkanes of at least 4 members (excludes halogenated alkanes) is 1. The van der Waals surface area contributed by atoms with E-state index in [1.54, 1.807) is 4.90 Å². The molecule has 2 amide bonds. The number of likely N-dealkylation sites (tertiary alicyclic amines) is 1. The van der Waals surface area contributed by atoms with Crippen LogP contribution < -0.4 is 5.32 Å². The van der Waals surface area contributed by atoms with Gasteiger partial charge in [-0.15, -0.1) is 0 Å². The average molecular weight is 282 g/mol. The van der Waals surface area contributed by atoms with E-state index >= 15 is 0 Å². The van der Waals surface area contributed by atoms with Crippen molar-refractivity contribution in [1.82, 2.24) is 10.2 Å². The van der Waals surface area contributed by atoms with Crippen LogP contribution in [-0.4, -0.2) is 46.4 Å². The third-order valence-corrected chi connectivity index (χ3v) is 3.83. The molecule has 20 heavy (non-hydrogen) atoms. The van der Waals surface area contributed by atoms with Gasteiger partial charge in [0.2, 0.25) is 11.8 Å². The molecule has 0 bridgehead atoms. The summed E-state index contributed by atoms with van der Waals surface area (Å²) >= 11 is 0. The van der Waals surface area contributed by atoms with Crippen LogP contribution in [0.2, 0.25) is 0 Å². The van der Waals surface area contributed by atoms with Gasteiger partial charge in [0.05, 0.1) is 0 Å². The van der Waals surface area contributed by atoms with Gasteiger partial charge in [0.1, 0.15) is 6.04 Å². The third kappa shape index (κ3) is 4.21. The molecule has 1 unspecified atom stereocenters. The van der Waals surface area contributed by atoms with Gasteiger partial charge in [-0.3, -0.25) is 14.4 Å². The third-order valence-electron chi connectivity index (χ3n) is 3.83. The van der Waals surface area contributed by atoms with E-state index in [-0.39, 0.29) is 24.3 Å². The molecule has 1 saturated heterocycles. The van der Waals surface area contributed by atoms with E-state index in [1.165, 1.54) is 0 Å². The number of hydrogen-bond donors (Lipinski definition) is 2. The first-order valence-electron chi connectivity index (χ1n) is 7.39. The van der Waals surface area contributed by atoms with Gasteiger partial charge < -0.3 is 15.3 Å². The molecular formula is C14H22N2O4. The highest BCUT2D eigenvalue weighted by atomic mass is 16.4. The minimum absolute atomic E-state index is 0.0242. The van der Waals surface area contributed by atoms with Crippen molar-refractivity contribution in [2.75, 3.05) is 6.54 Å². The Kier molecular flexibility index (Phi) is 4.98. The second-order valence-corrected chi connectivity index (χ2v) is 5.63. The summed E-state index contributed by atoms with van der Waals surface area (Å²) in [7, 11) is 0. The quantitative estimate of drug-likeness (QED) is 0.679. The van der Waals surface area contributed by atoms with Crippen molar-refractivity contribution in [1.29, 1.82) is 0 Å². The maximum Gasteiger partial charge on any atom is 0.303 e. The summed E-state index contributed by atoms with van der Waals surface area (Å²) in [4.78, 5) is 36.2. The fourth-order valence-corrected chi connectivity index (χ4v) is 2.56. The zero-order chi connectivity index (χ0) is 14.5. The Bertz CT molecular complexity index is 393. The molecule has 0 aromatic heterocycles. The Hall–Kier alpha value is -1.59. The Labute approximate surface area is 118 Å². The standard InChI is InChI=1S/C14H22N2O4/c17-12(5-1-2-6-13(18)19)16-9-3-4-11(16)14(20)15-10-7-8-10/h10-11H,1-9H2,(H,15,20)(H,18,19). The van der Waals surface area contributed by atoms with Crippen molar-refractivity contribution in [3.63, 3.8) is 0 Å². The van der Waals surface area contributed by atoms with Crippen LogP contribution in [0.4, 0.5) is 0 Å². The maximum absolute atomic E-state index is 12.1. The zero-order valence-electron chi connectivity index (χ0n) is 11.6. The molecule has 6 heteroatoms. The van der Waals surface area contributed by atoms with Gasteiger partial charge in [0, 0.05) is 25.4 Å². The van der Waals surface area contributed by atoms with Gasteiger partial charge in [-0.2, -0.15) is 0 Å². The predicted octanol–water partition coefficient (Wildman–Crippen LogP) is 0.901.